The highest BCUT2D eigenvalue weighted by Gasteiger charge is 2.12. The zero-order valence-electron chi connectivity index (χ0n) is 13.9. The molecule has 0 bridgehead atoms. The fourth-order valence-electron chi connectivity index (χ4n) is 3.04. The van der Waals surface area contributed by atoms with Gasteiger partial charge in [-0.2, -0.15) is 0 Å². The normalized spacial score (nSPS) is 15.4. The van der Waals surface area contributed by atoms with Crippen LogP contribution >= 0.6 is 0 Å². The summed E-state index contributed by atoms with van der Waals surface area (Å²) in [5, 5.41) is 6.97. The van der Waals surface area contributed by atoms with Crippen LogP contribution < -0.4 is 15.4 Å². The Morgan fingerprint density at radius 2 is 1.88 bits per heavy atom. The first-order valence-corrected chi connectivity index (χ1v) is 8.70. The molecular formula is C20H25FN2O. The molecule has 3 rings (SSSR count). The number of hydrogen-bond donors (Lipinski definition) is 2. The minimum absolute atomic E-state index is 0.256. The molecule has 0 amide bonds. The van der Waals surface area contributed by atoms with Gasteiger partial charge in [0.15, 0.2) is 0 Å². The maximum atomic E-state index is 13.6. The fourth-order valence-corrected chi connectivity index (χ4v) is 3.04. The first-order chi connectivity index (χ1) is 11.8. The predicted molar refractivity (Wildman–Crippen MR) is 94.8 cm³/mol. The minimum Gasteiger partial charge on any atom is -0.489 e. The molecular weight excluding hydrogens is 303 g/mol. The van der Waals surface area contributed by atoms with Gasteiger partial charge < -0.3 is 15.4 Å². The van der Waals surface area contributed by atoms with Crippen LogP contribution in [0.15, 0.2) is 48.5 Å². The van der Waals surface area contributed by atoms with Crippen molar-refractivity contribution < 1.29 is 9.13 Å². The Balaban J connectivity index is 1.56. The molecule has 3 nitrogen and oxygen atoms in total. The summed E-state index contributed by atoms with van der Waals surface area (Å²) < 4.78 is 19.5. The molecule has 1 aliphatic heterocycles. The van der Waals surface area contributed by atoms with Crippen LogP contribution in [0, 0.1) is 5.82 Å². The lowest BCUT2D eigenvalue weighted by Gasteiger charge is -2.24. The molecule has 0 unspecified atom stereocenters. The van der Waals surface area contributed by atoms with Gasteiger partial charge in [-0.05, 0) is 56.1 Å². The van der Waals surface area contributed by atoms with Gasteiger partial charge in [-0.15, -0.1) is 0 Å². The van der Waals surface area contributed by atoms with Crippen LogP contribution in [0.4, 0.5) is 4.39 Å². The second-order valence-electron chi connectivity index (χ2n) is 6.25. The van der Waals surface area contributed by atoms with Crippen LogP contribution in [0.3, 0.4) is 0 Å². The van der Waals surface area contributed by atoms with Crippen LogP contribution in [-0.2, 0) is 13.0 Å². The Labute approximate surface area is 143 Å². The number of piperidine rings is 1. The quantitative estimate of drug-likeness (QED) is 0.818. The Hall–Kier alpha value is -1.91. The molecule has 0 atom stereocenters. The smallest absolute Gasteiger partial charge is 0.126 e. The van der Waals surface area contributed by atoms with E-state index in [1.807, 2.05) is 36.4 Å². The highest BCUT2D eigenvalue weighted by Crippen LogP contribution is 2.22. The average molecular weight is 328 g/mol. The van der Waals surface area contributed by atoms with Gasteiger partial charge in [-0.3, -0.25) is 0 Å². The van der Waals surface area contributed by atoms with Crippen LogP contribution in [0.2, 0.25) is 0 Å². The lowest BCUT2D eigenvalue weighted by Crippen LogP contribution is -2.40. The molecule has 2 N–H and O–H groups in total. The topological polar surface area (TPSA) is 33.3 Å². The summed E-state index contributed by atoms with van der Waals surface area (Å²) in [5.41, 5.74) is 2.13. The van der Waals surface area contributed by atoms with Gasteiger partial charge in [0.2, 0.25) is 0 Å². The van der Waals surface area contributed by atoms with Crippen LogP contribution in [0.25, 0.3) is 0 Å². The van der Waals surface area contributed by atoms with Crippen molar-refractivity contribution in [1.82, 2.24) is 10.6 Å². The summed E-state index contributed by atoms with van der Waals surface area (Å²) in [6.07, 6.45) is 3.18. The van der Waals surface area contributed by atoms with Gasteiger partial charge in [-0.1, -0.05) is 36.4 Å². The third-order valence-corrected chi connectivity index (χ3v) is 4.43. The molecule has 0 spiro atoms. The molecule has 0 radical (unpaired) electrons. The fraction of sp³-hybridized carbons (Fsp3) is 0.400. The van der Waals surface area contributed by atoms with E-state index in [4.69, 9.17) is 4.74 Å². The summed E-state index contributed by atoms with van der Waals surface area (Å²) in [6, 6.07) is 15.4. The molecule has 4 heteroatoms. The molecule has 0 aliphatic carbocycles. The van der Waals surface area contributed by atoms with Crippen molar-refractivity contribution in [3.8, 4) is 5.75 Å². The van der Waals surface area contributed by atoms with Gasteiger partial charge in [0.05, 0.1) is 0 Å². The molecule has 1 heterocycles. The molecule has 2 aromatic carbocycles. The van der Waals surface area contributed by atoms with E-state index in [2.05, 4.69) is 10.6 Å². The highest BCUT2D eigenvalue weighted by molar-refractivity contribution is 5.34. The Morgan fingerprint density at radius 1 is 1.08 bits per heavy atom. The maximum Gasteiger partial charge on any atom is 0.126 e. The molecule has 1 aliphatic rings. The van der Waals surface area contributed by atoms with Gasteiger partial charge in [0.1, 0.15) is 18.2 Å². The first kappa shape index (κ1) is 16.9. The average Bonchev–Trinajstić information content (AvgIpc) is 2.63. The molecule has 128 valence electrons. The molecule has 2 aromatic rings. The van der Waals surface area contributed by atoms with Crippen molar-refractivity contribution in [2.45, 2.75) is 31.9 Å². The number of ether oxygens (including phenoxy) is 1. The summed E-state index contributed by atoms with van der Waals surface area (Å²) in [6.45, 7) is 3.51. The van der Waals surface area contributed by atoms with Crippen molar-refractivity contribution in [3.63, 3.8) is 0 Å². The number of halogens is 1. The van der Waals surface area contributed by atoms with Crippen molar-refractivity contribution in [3.05, 3.63) is 65.5 Å². The summed E-state index contributed by atoms with van der Waals surface area (Å²) in [5.74, 6) is 0.388. The lowest BCUT2D eigenvalue weighted by atomic mass is 10.1. The minimum atomic E-state index is -0.256. The maximum absolute atomic E-state index is 13.6. The summed E-state index contributed by atoms with van der Waals surface area (Å²) in [7, 11) is 0. The summed E-state index contributed by atoms with van der Waals surface area (Å²) in [4.78, 5) is 0. The van der Waals surface area contributed by atoms with Crippen molar-refractivity contribution >= 4 is 0 Å². The van der Waals surface area contributed by atoms with E-state index in [9.17, 15) is 4.39 Å². The zero-order chi connectivity index (χ0) is 16.6. The van der Waals surface area contributed by atoms with E-state index in [0.29, 0.717) is 18.4 Å². The number of benzene rings is 2. The first-order valence-electron chi connectivity index (χ1n) is 8.70. The Kier molecular flexibility index (Phi) is 6.21. The largest absolute Gasteiger partial charge is 0.489 e. The molecule has 1 fully saturated rings. The second-order valence-corrected chi connectivity index (χ2v) is 6.25. The SMILES string of the molecule is Fc1ccc(CCNC2CCNCC2)c(OCc2ccccc2)c1. The summed E-state index contributed by atoms with van der Waals surface area (Å²) >= 11 is 0. The monoisotopic (exact) mass is 328 g/mol. The second kappa shape index (κ2) is 8.81. The van der Waals surface area contributed by atoms with Gasteiger partial charge >= 0.3 is 0 Å². The van der Waals surface area contributed by atoms with Crippen molar-refractivity contribution in [1.29, 1.82) is 0 Å². The highest BCUT2D eigenvalue weighted by atomic mass is 19.1. The molecule has 1 saturated heterocycles. The standard InChI is InChI=1S/C20H25FN2O/c21-18-7-6-17(8-13-23-19-9-11-22-12-10-19)20(14-18)24-15-16-4-2-1-3-5-16/h1-7,14,19,22-23H,8-13,15H2. The van der Waals surface area contributed by atoms with E-state index in [1.54, 1.807) is 0 Å². The zero-order valence-corrected chi connectivity index (χ0v) is 13.9. The Morgan fingerprint density at radius 3 is 2.67 bits per heavy atom. The van der Waals surface area contributed by atoms with E-state index in [0.717, 1.165) is 37.2 Å². The van der Waals surface area contributed by atoms with E-state index in [1.165, 1.54) is 25.0 Å². The van der Waals surface area contributed by atoms with Crippen LogP contribution in [0.1, 0.15) is 24.0 Å². The van der Waals surface area contributed by atoms with Gasteiger partial charge in [0.25, 0.3) is 0 Å². The van der Waals surface area contributed by atoms with Crippen LogP contribution in [-0.4, -0.2) is 25.7 Å². The number of hydrogen-bond acceptors (Lipinski definition) is 3. The Bertz CT molecular complexity index is 627. The molecule has 0 aromatic heterocycles. The predicted octanol–water partition coefficient (Wildman–Crippen LogP) is 3.29. The van der Waals surface area contributed by atoms with E-state index >= 15 is 0 Å². The third-order valence-electron chi connectivity index (χ3n) is 4.43. The van der Waals surface area contributed by atoms with Crippen molar-refractivity contribution in [2.24, 2.45) is 0 Å². The van der Waals surface area contributed by atoms with Gasteiger partial charge in [-0.25, -0.2) is 4.39 Å². The number of nitrogens with one attached hydrogen (secondary N) is 2. The van der Waals surface area contributed by atoms with Crippen LogP contribution in [0.5, 0.6) is 5.75 Å². The van der Waals surface area contributed by atoms with E-state index < -0.39 is 0 Å². The molecule has 24 heavy (non-hydrogen) atoms. The van der Waals surface area contributed by atoms with E-state index in [-0.39, 0.29) is 5.82 Å². The third kappa shape index (κ3) is 5.05. The van der Waals surface area contributed by atoms with Gasteiger partial charge in [0, 0.05) is 12.1 Å². The lowest BCUT2D eigenvalue weighted by molar-refractivity contribution is 0.300. The van der Waals surface area contributed by atoms with Crippen molar-refractivity contribution in [2.75, 3.05) is 19.6 Å². The molecule has 0 saturated carbocycles. The number of rotatable bonds is 7.